The molecule has 0 bridgehead atoms. The van der Waals surface area contributed by atoms with E-state index in [1.807, 2.05) is 0 Å². The number of rotatable bonds is 2. The standard InChI is InChI=1S/C12H22N2/c1-12(2,3)11-6-4-8-14(10-11)9-5-7-13/h11H,4-6,8-10H2,1-3H3. The molecule has 2 nitrogen and oxygen atoms in total. The van der Waals surface area contributed by atoms with Gasteiger partial charge in [-0.15, -0.1) is 0 Å². The van der Waals surface area contributed by atoms with Gasteiger partial charge in [0.2, 0.25) is 0 Å². The molecule has 0 N–H and O–H groups in total. The molecule has 0 aliphatic carbocycles. The first-order valence-corrected chi connectivity index (χ1v) is 5.63. The van der Waals surface area contributed by atoms with Gasteiger partial charge >= 0.3 is 0 Å². The molecule has 2 heteroatoms. The van der Waals surface area contributed by atoms with Crippen LogP contribution in [0.25, 0.3) is 0 Å². The van der Waals surface area contributed by atoms with Crippen LogP contribution in [0.4, 0.5) is 0 Å². The summed E-state index contributed by atoms with van der Waals surface area (Å²) in [5.74, 6) is 0.801. The summed E-state index contributed by atoms with van der Waals surface area (Å²) < 4.78 is 0. The minimum absolute atomic E-state index is 0.422. The fourth-order valence-corrected chi connectivity index (χ4v) is 2.17. The molecule has 0 aromatic heterocycles. The molecule has 1 saturated heterocycles. The van der Waals surface area contributed by atoms with E-state index in [2.05, 4.69) is 31.7 Å². The average molecular weight is 194 g/mol. The zero-order valence-electron chi connectivity index (χ0n) is 9.71. The van der Waals surface area contributed by atoms with Crippen molar-refractivity contribution in [3.63, 3.8) is 0 Å². The van der Waals surface area contributed by atoms with E-state index in [-0.39, 0.29) is 0 Å². The normalized spacial score (nSPS) is 24.6. The van der Waals surface area contributed by atoms with Gasteiger partial charge in [-0.1, -0.05) is 20.8 Å². The van der Waals surface area contributed by atoms with E-state index < -0.39 is 0 Å². The molecule has 1 rings (SSSR count). The molecule has 1 aliphatic heterocycles. The first-order chi connectivity index (χ1) is 6.54. The van der Waals surface area contributed by atoms with Gasteiger partial charge in [0, 0.05) is 19.5 Å². The highest BCUT2D eigenvalue weighted by atomic mass is 15.1. The SMILES string of the molecule is CC(C)(C)C1CCCN(CCC#N)C1. The van der Waals surface area contributed by atoms with E-state index in [0.29, 0.717) is 11.8 Å². The summed E-state index contributed by atoms with van der Waals surface area (Å²) >= 11 is 0. The van der Waals surface area contributed by atoms with Gasteiger partial charge in [0.15, 0.2) is 0 Å². The maximum atomic E-state index is 8.55. The predicted molar refractivity (Wildman–Crippen MR) is 58.8 cm³/mol. The lowest BCUT2D eigenvalue weighted by Gasteiger charge is -2.39. The van der Waals surface area contributed by atoms with Crippen LogP contribution in [0.3, 0.4) is 0 Å². The molecule has 1 atom stereocenters. The Kier molecular flexibility index (Phi) is 3.95. The van der Waals surface area contributed by atoms with Crippen LogP contribution >= 0.6 is 0 Å². The van der Waals surface area contributed by atoms with E-state index in [4.69, 9.17) is 5.26 Å². The maximum absolute atomic E-state index is 8.55. The van der Waals surface area contributed by atoms with Crippen molar-refractivity contribution in [3.8, 4) is 6.07 Å². The molecule has 0 radical (unpaired) electrons. The Hall–Kier alpha value is -0.550. The molecule has 0 aromatic carbocycles. The van der Waals surface area contributed by atoms with Gasteiger partial charge in [-0.2, -0.15) is 5.26 Å². The molecule has 80 valence electrons. The second kappa shape index (κ2) is 4.79. The second-order valence-corrected chi connectivity index (χ2v) is 5.41. The van der Waals surface area contributed by atoms with Crippen LogP contribution in [0.5, 0.6) is 0 Å². The highest BCUT2D eigenvalue weighted by molar-refractivity contribution is 4.83. The van der Waals surface area contributed by atoms with E-state index in [1.54, 1.807) is 0 Å². The Morgan fingerprint density at radius 3 is 2.71 bits per heavy atom. The van der Waals surface area contributed by atoms with Crippen LogP contribution in [0.15, 0.2) is 0 Å². The fourth-order valence-electron chi connectivity index (χ4n) is 2.17. The first-order valence-electron chi connectivity index (χ1n) is 5.63. The Bertz CT molecular complexity index is 209. The van der Waals surface area contributed by atoms with Crippen LogP contribution in [-0.2, 0) is 0 Å². The van der Waals surface area contributed by atoms with Crippen LogP contribution in [-0.4, -0.2) is 24.5 Å². The summed E-state index contributed by atoms with van der Waals surface area (Å²) in [5.41, 5.74) is 0.422. The number of likely N-dealkylation sites (tertiary alicyclic amines) is 1. The minimum Gasteiger partial charge on any atom is -0.302 e. The summed E-state index contributed by atoms with van der Waals surface area (Å²) in [6.07, 6.45) is 3.33. The first kappa shape index (κ1) is 11.5. The van der Waals surface area contributed by atoms with Gasteiger partial charge in [0.05, 0.1) is 6.07 Å². The number of piperidine rings is 1. The quantitative estimate of drug-likeness (QED) is 0.675. The Morgan fingerprint density at radius 1 is 1.43 bits per heavy atom. The lowest BCUT2D eigenvalue weighted by atomic mass is 9.76. The minimum atomic E-state index is 0.422. The smallest absolute Gasteiger partial charge is 0.0635 e. The summed E-state index contributed by atoms with van der Waals surface area (Å²) in [5, 5.41) is 8.55. The van der Waals surface area contributed by atoms with Crippen molar-refractivity contribution < 1.29 is 0 Å². The van der Waals surface area contributed by atoms with Gasteiger partial charge in [-0.3, -0.25) is 0 Å². The molecular formula is C12H22N2. The zero-order valence-corrected chi connectivity index (χ0v) is 9.71. The summed E-state index contributed by atoms with van der Waals surface area (Å²) in [6.45, 7) is 10.3. The van der Waals surface area contributed by atoms with Gasteiger partial charge in [0.1, 0.15) is 0 Å². The van der Waals surface area contributed by atoms with Gasteiger partial charge in [-0.05, 0) is 30.7 Å². The monoisotopic (exact) mass is 194 g/mol. The van der Waals surface area contributed by atoms with E-state index in [1.165, 1.54) is 25.9 Å². The highest BCUT2D eigenvalue weighted by Gasteiger charge is 2.28. The lowest BCUT2D eigenvalue weighted by molar-refractivity contribution is 0.101. The van der Waals surface area contributed by atoms with Crippen LogP contribution in [0.2, 0.25) is 0 Å². The molecule has 14 heavy (non-hydrogen) atoms. The predicted octanol–water partition coefficient (Wildman–Crippen LogP) is 2.66. The third-order valence-electron chi connectivity index (χ3n) is 3.27. The Balaban J connectivity index is 2.40. The Morgan fingerprint density at radius 2 is 2.14 bits per heavy atom. The lowest BCUT2D eigenvalue weighted by Crippen LogP contribution is -2.40. The van der Waals surface area contributed by atoms with Gasteiger partial charge in [-0.25, -0.2) is 0 Å². The third-order valence-corrected chi connectivity index (χ3v) is 3.27. The van der Waals surface area contributed by atoms with E-state index in [9.17, 15) is 0 Å². The van der Waals surface area contributed by atoms with Crippen molar-refractivity contribution in [1.82, 2.24) is 4.90 Å². The largest absolute Gasteiger partial charge is 0.302 e. The molecule has 0 spiro atoms. The van der Waals surface area contributed by atoms with Crippen LogP contribution in [0.1, 0.15) is 40.0 Å². The number of hydrogen-bond acceptors (Lipinski definition) is 2. The molecule has 0 amide bonds. The number of nitrogens with zero attached hydrogens (tertiary/aromatic N) is 2. The van der Waals surface area contributed by atoms with Crippen molar-refractivity contribution in [1.29, 1.82) is 5.26 Å². The van der Waals surface area contributed by atoms with Crippen molar-refractivity contribution >= 4 is 0 Å². The van der Waals surface area contributed by atoms with Crippen molar-refractivity contribution in [3.05, 3.63) is 0 Å². The average Bonchev–Trinajstić information content (AvgIpc) is 2.14. The van der Waals surface area contributed by atoms with E-state index in [0.717, 1.165) is 12.5 Å². The van der Waals surface area contributed by atoms with Crippen molar-refractivity contribution in [2.75, 3.05) is 19.6 Å². The molecule has 0 saturated carbocycles. The molecule has 1 heterocycles. The molecule has 1 unspecified atom stereocenters. The second-order valence-electron chi connectivity index (χ2n) is 5.41. The maximum Gasteiger partial charge on any atom is 0.0635 e. The highest BCUT2D eigenvalue weighted by Crippen LogP contribution is 2.33. The van der Waals surface area contributed by atoms with Crippen molar-refractivity contribution in [2.24, 2.45) is 11.3 Å². The molecule has 1 fully saturated rings. The van der Waals surface area contributed by atoms with Gasteiger partial charge < -0.3 is 4.90 Å². The molecule has 0 aromatic rings. The number of hydrogen-bond donors (Lipinski definition) is 0. The summed E-state index contributed by atoms with van der Waals surface area (Å²) in [6, 6.07) is 2.23. The molecular weight excluding hydrogens is 172 g/mol. The van der Waals surface area contributed by atoms with E-state index >= 15 is 0 Å². The zero-order chi connectivity index (χ0) is 10.6. The van der Waals surface area contributed by atoms with Crippen LogP contribution < -0.4 is 0 Å². The van der Waals surface area contributed by atoms with Crippen molar-refractivity contribution in [2.45, 2.75) is 40.0 Å². The van der Waals surface area contributed by atoms with Gasteiger partial charge in [0.25, 0.3) is 0 Å². The fraction of sp³-hybridized carbons (Fsp3) is 0.917. The van der Waals surface area contributed by atoms with Crippen LogP contribution in [0, 0.1) is 22.7 Å². The summed E-state index contributed by atoms with van der Waals surface area (Å²) in [7, 11) is 0. The molecule has 1 aliphatic rings. The number of nitriles is 1. The Labute approximate surface area is 87.9 Å². The summed E-state index contributed by atoms with van der Waals surface area (Å²) in [4.78, 5) is 2.45. The topological polar surface area (TPSA) is 27.0 Å². The third kappa shape index (κ3) is 3.31.